The Kier molecular flexibility index (Phi) is 5.50. The molecule has 3 aromatic rings. The number of nitrogens with zero attached hydrogens (tertiary/aromatic N) is 4. The predicted molar refractivity (Wildman–Crippen MR) is 109 cm³/mol. The van der Waals surface area contributed by atoms with E-state index in [1.165, 1.54) is 37.0 Å². The van der Waals surface area contributed by atoms with Crippen LogP contribution >= 0.6 is 11.3 Å². The number of carbonyl (C=O) groups excluding carboxylic acids is 1. The molecule has 1 saturated heterocycles. The minimum absolute atomic E-state index is 0.0752. The number of nitrogens with one attached hydrogen (secondary N) is 1. The van der Waals surface area contributed by atoms with Crippen LogP contribution in [0.25, 0.3) is 11.0 Å². The Labute approximate surface area is 163 Å². The van der Waals surface area contributed by atoms with Crippen LogP contribution < -0.4 is 5.32 Å². The highest BCUT2D eigenvalue weighted by atomic mass is 32.1. The van der Waals surface area contributed by atoms with Crippen LogP contribution in [0.15, 0.2) is 36.0 Å². The van der Waals surface area contributed by atoms with Gasteiger partial charge in [0.1, 0.15) is 6.04 Å². The summed E-state index contributed by atoms with van der Waals surface area (Å²) in [5, 5.41) is 5.69. The van der Waals surface area contributed by atoms with Crippen LogP contribution in [-0.4, -0.2) is 38.4 Å². The van der Waals surface area contributed by atoms with Crippen molar-refractivity contribution in [3.8, 4) is 0 Å². The summed E-state index contributed by atoms with van der Waals surface area (Å²) in [5.41, 5.74) is 2.89. The Morgan fingerprint density at radius 2 is 2.00 bits per heavy atom. The first-order chi connectivity index (χ1) is 13.2. The van der Waals surface area contributed by atoms with Gasteiger partial charge in [0.05, 0.1) is 23.1 Å². The second-order valence-electron chi connectivity index (χ2n) is 7.14. The predicted octanol–water partition coefficient (Wildman–Crippen LogP) is 4.07. The molecule has 6 nitrogen and oxygen atoms in total. The van der Waals surface area contributed by atoms with E-state index in [2.05, 4.69) is 25.6 Å². The van der Waals surface area contributed by atoms with Gasteiger partial charge in [-0.3, -0.25) is 9.69 Å². The third-order valence-electron chi connectivity index (χ3n) is 5.14. The van der Waals surface area contributed by atoms with Gasteiger partial charge < -0.3 is 9.88 Å². The molecule has 1 aromatic carbocycles. The molecule has 1 aliphatic rings. The van der Waals surface area contributed by atoms with Gasteiger partial charge in [0.2, 0.25) is 5.91 Å². The molecule has 1 unspecified atom stereocenters. The van der Waals surface area contributed by atoms with E-state index in [9.17, 15) is 4.79 Å². The Morgan fingerprint density at radius 3 is 2.81 bits per heavy atom. The number of imidazole rings is 1. The lowest BCUT2D eigenvalue weighted by atomic mass is 10.2. The highest BCUT2D eigenvalue weighted by Gasteiger charge is 2.19. The van der Waals surface area contributed by atoms with Crippen molar-refractivity contribution in [1.82, 2.24) is 19.4 Å². The maximum absolute atomic E-state index is 12.7. The molecule has 3 heterocycles. The van der Waals surface area contributed by atoms with Crippen LogP contribution in [0.1, 0.15) is 44.3 Å². The molecule has 1 atom stereocenters. The lowest BCUT2D eigenvalue weighted by molar-refractivity contribution is -0.118. The van der Waals surface area contributed by atoms with Crippen LogP contribution in [0.4, 0.5) is 5.13 Å². The number of hydrogen-bond acceptors (Lipinski definition) is 5. The molecule has 1 amide bonds. The molecule has 2 aromatic heterocycles. The molecule has 0 saturated carbocycles. The van der Waals surface area contributed by atoms with E-state index in [1.807, 2.05) is 35.8 Å². The molecule has 1 aliphatic heterocycles. The average Bonchev–Trinajstić information content (AvgIpc) is 3.21. The molecule has 7 heteroatoms. The number of fused-ring (bicyclic) bond motifs is 1. The summed E-state index contributed by atoms with van der Waals surface area (Å²) in [7, 11) is 0. The van der Waals surface area contributed by atoms with E-state index >= 15 is 0 Å². The van der Waals surface area contributed by atoms with E-state index in [4.69, 9.17) is 0 Å². The normalized spacial score (nSPS) is 16.9. The highest BCUT2D eigenvalue weighted by molar-refractivity contribution is 7.13. The topological polar surface area (TPSA) is 63.1 Å². The molecule has 0 aliphatic carbocycles. The van der Waals surface area contributed by atoms with Gasteiger partial charge in [-0.2, -0.15) is 0 Å². The van der Waals surface area contributed by atoms with Crippen molar-refractivity contribution in [2.45, 2.75) is 45.2 Å². The van der Waals surface area contributed by atoms with Crippen molar-refractivity contribution in [2.75, 3.05) is 18.4 Å². The number of thiazole rings is 1. The van der Waals surface area contributed by atoms with Gasteiger partial charge in [0.25, 0.3) is 0 Å². The largest absolute Gasteiger partial charge is 0.318 e. The molecular weight excluding hydrogens is 358 g/mol. The highest BCUT2D eigenvalue weighted by Crippen LogP contribution is 2.22. The van der Waals surface area contributed by atoms with Crippen molar-refractivity contribution >= 4 is 33.4 Å². The maximum atomic E-state index is 12.7. The van der Waals surface area contributed by atoms with E-state index < -0.39 is 0 Å². The van der Waals surface area contributed by atoms with Crippen LogP contribution in [-0.2, 0) is 11.3 Å². The minimum atomic E-state index is -0.352. The third-order valence-corrected chi connectivity index (χ3v) is 5.95. The van der Waals surface area contributed by atoms with Crippen molar-refractivity contribution in [2.24, 2.45) is 0 Å². The molecule has 27 heavy (non-hydrogen) atoms. The number of rotatable bonds is 5. The second-order valence-corrected chi connectivity index (χ2v) is 8.00. The molecule has 0 radical (unpaired) electrons. The third kappa shape index (κ3) is 4.20. The van der Waals surface area contributed by atoms with Crippen molar-refractivity contribution in [3.63, 3.8) is 0 Å². The first-order valence-corrected chi connectivity index (χ1v) is 10.5. The zero-order valence-corrected chi connectivity index (χ0v) is 16.4. The van der Waals surface area contributed by atoms with Crippen LogP contribution in [0, 0.1) is 0 Å². The van der Waals surface area contributed by atoms with Gasteiger partial charge >= 0.3 is 0 Å². The van der Waals surface area contributed by atoms with Gasteiger partial charge in [0.15, 0.2) is 5.13 Å². The number of para-hydroxylation sites is 2. The number of hydrogen-bond donors (Lipinski definition) is 1. The second kappa shape index (κ2) is 8.19. The number of amides is 1. The van der Waals surface area contributed by atoms with Gasteiger partial charge in [-0.25, -0.2) is 9.97 Å². The Bertz CT molecular complexity index is 910. The van der Waals surface area contributed by atoms with E-state index in [0.29, 0.717) is 5.13 Å². The zero-order chi connectivity index (χ0) is 18.6. The monoisotopic (exact) mass is 383 g/mol. The summed E-state index contributed by atoms with van der Waals surface area (Å²) in [6.07, 6.45) is 6.92. The van der Waals surface area contributed by atoms with Gasteiger partial charge in [-0.05, 0) is 45.0 Å². The molecule has 0 bridgehead atoms. The first kappa shape index (κ1) is 18.1. The fraction of sp³-hybridized carbons (Fsp3) is 0.450. The molecular formula is C20H25N5OS. The summed E-state index contributed by atoms with van der Waals surface area (Å²) in [4.78, 5) is 24.2. The fourth-order valence-electron chi connectivity index (χ4n) is 3.58. The Hall–Kier alpha value is -2.25. The number of anilines is 1. The lowest BCUT2D eigenvalue weighted by Gasteiger charge is -2.18. The van der Waals surface area contributed by atoms with Crippen LogP contribution in [0.2, 0.25) is 0 Å². The number of likely N-dealkylation sites (tertiary alicyclic amines) is 1. The molecule has 0 spiro atoms. The molecule has 1 fully saturated rings. The van der Waals surface area contributed by atoms with E-state index in [1.54, 1.807) is 6.33 Å². The lowest BCUT2D eigenvalue weighted by Crippen LogP contribution is -2.24. The van der Waals surface area contributed by atoms with Gasteiger partial charge in [0, 0.05) is 11.9 Å². The maximum Gasteiger partial charge on any atom is 0.248 e. The molecule has 142 valence electrons. The minimum Gasteiger partial charge on any atom is -0.318 e. The summed E-state index contributed by atoms with van der Waals surface area (Å²) < 4.78 is 1.90. The van der Waals surface area contributed by atoms with Crippen molar-refractivity contribution in [1.29, 1.82) is 0 Å². The summed E-state index contributed by atoms with van der Waals surface area (Å²) in [5.74, 6) is -0.0752. The smallest absolute Gasteiger partial charge is 0.248 e. The number of aromatic nitrogens is 3. The fourth-order valence-corrected chi connectivity index (χ4v) is 4.29. The molecule has 4 rings (SSSR count). The standard InChI is InChI=1S/C20H25N5OS/c1-15(25-14-21-17-8-4-5-9-18(17)25)19(26)23-20-22-16(13-27-20)12-24-10-6-2-3-7-11-24/h4-5,8-9,13-15H,2-3,6-7,10-12H2,1H3,(H,22,23,26). The number of benzene rings is 1. The van der Waals surface area contributed by atoms with Crippen molar-refractivity contribution in [3.05, 3.63) is 41.7 Å². The average molecular weight is 384 g/mol. The SMILES string of the molecule is CC(C(=O)Nc1nc(CN2CCCCCC2)cs1)n1cnc2ccccc21. The van der Waals surface area contributed by atoms with Gasteiger partial charge in [-0.15, -0.1) is 11.3 Å². The zero-order valence-electron chi connectivity index (χ0n) is 15.6. The number of carbonyl (C=O) groups is 1. The Morgan fingerprint density at radius 1 is 1.22 bits per heavy atom. The van der Waals surface area contributed by atoms with E-state index in [0.717, 1.165) is 36.4 Å². The van der Waals surface area contributed by atoms with Crippen LogP contribution in [0.3, 0.4) is 0 Å². The quantitative estimate of drug-likeness (QED) is 0.721. The molecule has 1 N–H and O–H groups in total. The first-order valence-electron chi connectivity index (χ1n) is 9.60. The summed E-state index contributed by atoms with van der Waals surface area (Å²) >= 11 is 1.50. The van der Waals surface area contributed by atoms with E-state index in [-0.39, 0.29) is 11.9 Å². The van der Waals surface area contributed by atoms with Crippen LogP contribution in [0.5, 0.6) is 0 Å². The summed E-state index contributed by atoms with van der Waals surface area (Å²) in [6.45, 7) is 5.04. The van der Waals surface area contributed by atoms with Crippen molar-refractivity contribution < 1.29 is 4.79 Å². The Balaban J connectivity index is 1.40. The summed E-state index contributed by atoms with van der Waals surface area (Å²) in [6, 6.07) is 7.49. The van der Waals surface area contributed by atoms with Gasteiger partial charge in [-0.1, -0.05) is 25.0 Å².